The van der Waals surface area contributed by atoms with Gasteiger partial charge in [-0.15, -0.1) is 0 Å². The van der Waals surface area contributed by atoms with Crippen molar-refractivity contribution in [2.75, 3.05) is 27.4 Å². The lowest BCUT2D eigenvalue weighted by atomic mass is 10.0. The van der Waals surface area contributed by atoms with Crippen molar-refractivity contribution < 1.29 is 14.3 Å². The number of fused-ring (bicyclic) bond motifs is 2. The lowest BCUT2D eigenvalue weighted by Crippen LogP contribution is -2.43. The highest BCUT2D eigenvalue weighted by atomic mass is 16.7. The van der Waals surface area contributed by atoms with E-state index in [-0.39, 0.29) is 18.7 Å². The number of hydrogen-bond donors (Lipinski definition) is 1. The summed E-state index contributed by atoms with van der Waals surface area (Å²) in [6.07, 6.45) is 2.48. The standard InChI is InChI=1S/C17H20N4O3/c1-20(2)16(11-3-4-14-15(7-11)24-10-23-14)17(22)21-6-5-12-13(8-21)19-9-18-12/h3-4,7,9,16H,5-6,8,10H2,1-2H3,(H,18,19)/t16-/m0/s1. The van der Waals surface area contributed by atoms with Crippen LogP contribution in [-0.2, 0) is 17.8 Å². The van der Waals surface area contributed by atoms with E-state index in [9.17, 15) is 4.79 Å². The second-order valence-corrected chi connectivity index (χ2v) is 6.32. The van der Waals surface area contributed by atoms with E-state index in [1.807, 2.05) is 42.1 Å². The molecule has 126 valence electrons. The van der Waals surface area contributed by atoms with Crippen molar-refractivity contribution in [1.29, 1.82) is 0 Å². The van der Waals surface area contributed by atoms with Gasteiger partial charge in [0.1, 0.15) is 6.04 Å². The Bertz CT molecular complexity index is 771. The average molecular weight is 328 g/mol. The summed E-state index contributed by atoms with van der Waals surface area (Å²) in [6.45, 7) is 1.49. The summed E-state index contributed by atoms with van der Waals surface area (Å²) < 4.78 is 10.8. The van der Waals surface area contributed by atoms with E-state index in [4.69, 9.17) is 9.47 Å². The molecule has 0 saturated carbocycles. The van der Waals surface area contributed by atoms with Crippen LogP contribution in [0.1, 0.15) is 23.0 Å². The molecule has 1 aromatic carbocycles. The van der Waals surface area contributed by atoms with Crippen LogP contribution in [0.4, 0.5) is 0 Å². The first-order chi connectivity index (χ1) is 11.6. The number of aromatic amines is 1. The minimum atomic E-state index is -0.357. The van der Waals surface area contributed by atoms with Gasteiger partial charge in [-0.3, -0.25) is 9.69 Å². The molecule has 1 N–H and O–H groups in total. The predicted molar refractivity (Wildman–Crippen MR) is 86.7 cm³/mol. The van der Waals surface area contributed by atoms with Gasteiger partial charge in [0.05, 0.1) is 24.3 Å². The van der Waals surface area contributed by atoms with Gasteiger partial charge in [-0.25, -0.2) is 4.98 Å². The zero-order valence-electron chi connectivity index (χ0n) is 13.8. The number of amides is 1. The van der Waals surface area contributed by atoms with Crippen LogP contribution in [0.25, 0.3) is 0 Å². The Kier molecular flexibility index (Phi) is 3.65. The van der Waals surface area contributed by atoms with Crippen LogP contribution < -0.4 is 9.47 Å². The van der Waals surface area contributed by atoms with Gasteiger partial charge >= 0.3 is 0 Å². The van der Waals surface area contributed by atoms with Gasteiger partial charge < -0.3 is 19.4 Å². The fourth-order valence-corrected chi connectivity index (χ4v) is 3.32. The van der Waals surface area contributed by atoms with Crippen LogP contribution in [0.3, 0.4) is 0 Å². The Morgan fingerprint density at radius 2 is 2.17 bits per heavy atom. The molecule has 7 nitrogen and oxygen atoms in total. The molecule has 2 aromatic rings. The molecule has 7 heteroatoms. The summed E-state index contributed by atoms with van der Waals surface area (Å²) in [7, 11) is 3.83. The molecule has 2 aliphatic rings. The first-order valence-electron chi connectivity index (χ1n) is 7.99. The van der Waals surface area contributed by atoms with Gasteiger partial charge in [0, 0.05) is 13.0 Å². The van der Waals surface area contributed by atoms with Crippen molar-refractivity contribution in [3.05, 3.63) is 41.5 Å². The van der Waals surface area contributed by atoms with Gasteiger partial charge in [0.25, 0.3) is 0 Å². The van der Waals surface area contributed by atoms with Crippen LogP contribution >= 0.6 is 0 Å². The van der Waals surface area contributed by atoms with Gasteiger partial charge in [-0.05, 0) is 31.8 Å². The lowest BCUT2D eigenvalue weighted by Gasteiger charge is -2.33. The van der Waals surface area contributed by atoms with Crippen LogP contribution in [0, 0.1) is 0 Å². The highest BCUT2D eigenvalue weighted by molar-refractivity contribution is 5.83. The van der Waals surface area contributed by atoms with Gasteiger partial charge in [0.15, 0.2) is 11.5 Å². The van der Waals surface area contributed by atoms with Gasteiger partial charge in [-0.1, -0.05) is 6.07 Å². The van der Waals surface area contributed by atoms with Crippen molar-refractivity contribution in [3.63, 3.8) is 0 Å². The summed E-state index contributed by atoms with van der Waals surface area (Å²) in [5.74, 6) is 1.50. The molecule has 0 aliphatic carbocycles. The summed E-state index contributed by atoms with van der Waals surface area (Å²) in [4.78, 5) is 24.4. The summed E-state index contributed by atoms with van der Waals surface area (Å²) in [5.41, 5.74) is 2.99. The average Bonchev–Trinajstić information content (AvgIpc) is 3.22. The second-order valence-electron chi connectivity index (χ2n) is 6.32. The molecule has 4 rings (SSSR count). The van der Waals surface area contributed by atoms with E-state index in [0.29, 0.717) is 18.8 Å². The van der Waals surface area contributed by atoms with Crippen LogP contribution in [-0.4, -0.2) is 53.1 Å². The molecule has 3 heterocycles. The number of ether oxygens (including phenoxy) is 2. The van der Waals surface area contributed by atoms with E-state index in [2.05, 4.69) is 9.97 Å². The number of benzene rings is 1. The number of aromatic nitrogens is 2. The Hall–Kier alpha value is -2.54. The molecule has 24 heavy (non-hydrogen) atoms. The number of carbonyl (C=O) groups excluding carboxylic acids is 1. The molecule has 0 bridgehead atoms. The van der Waals surface area contributed by atoms with E-state index in [1.54, 1.807) is 6.33 Å². The molecule has 0 radical (unpaired) electrons. The molecule has 0 saturated heterocycles. The molecule has 2 aliphatic heterocycles. The van der Waals surface area contributed by atoms with Crippen molar-refractivity contribution in [3.8, 4) is 11.5 Å². The number of H-pyrrole nitrogens is 1. The van der Waals surface area contributed by atoms with Gasteiger partial charge in [-0.2, -0.15) is 0 Å². The van der Waals surface area contributed by atoms with Crippen molar-refractivity contribution >= 4 is 5.91 Å². The minimum absolute atomic E-state index is 0.0825. The predicted octanol–water partition coefficient (Wildman–Crippen LogP) is 1.33. The quantitative estimate of drug-likeness (QED) is 0.920. The topological polar surface area (TPSA) is 70.7 Å². The summed E-state index contributed by atoms with van der Waals surface area (Å²) in [6, 6.07) is 5.34. The fourth-order valence-electron chi connectivity index (χ4n) is 3.32. The Morgan fingerprint density at radius 3 is 3.00 bits per heavy atom. The summed E-state index contributed by atoms with van der Waals surface area (Å²) >= 11 is 0. The zero-order valence-corrected chi connectivity index (χ0v) is 13.8. The van der Waals surface area contributed by atoms with Crippen LogP contribution in [0.15, 0.2) is 24.5 Å². The van der Waals surface area contributed by atoms with E-state index < -0.39 is 0 Å². The summed E-state index contributed by atoms with van der Waals surface area (Å²) in [5, 5.41) is 0. The first kappa shape index (κ1) is 15.0. The number of carbonyl (C=O) groups is 1. The van der Waals surface area contributed by atoms with Crippen molar-refractivity contribution in [2.24, 2.45) is 0 Å². The zero-order chi connectivity index (χ0) is 16.7. The Morgan fingerprint density at radius 1 is 1.33 bits per heavy atom. The first-order valence-corrected chi connectivity index (χ1v) is 7.99. The smallest absolute Gasteiger partial charge is 0.244 e. The maximum atomic E-state index is 13.1. The molecular weight excluding hydrogens is 308 g/mol. The maximum absolute atomic E-state index is 13.1. The third kappa shape index (κ3) is 2.50. The SMILES string of the molecule is CN(C)[C@H](C(=O)N1CCc2nc[nH]c2C1)c1ccc2c(c1)OCO2. The van der Waals surface area contributed by atoms with E-state index in [1.165, 1.54) is 0 Å². The van der Waals surface area contributed by atoms with Crippen molar-refractivity contribution in [1.82, 2.24) is 19.8 Å². The van der Waals surface area contributed by atoms with Crippen LogP contribution in [0.2, 0.25) is 0 Å². The number of nitrogens with zero attached hydrogens (tertiary/aromatic N) is 3. The molecule has 1 atom stereocenters. The normalized spacial score (nSPS) is 17.0. The number of hydrogen-bond acceptors (Lipinski definition) is 5. The van der Waals surface area contributed by atoms with E-state index in [0.717, 1.165) is 29.1 Å². The largest absolute Gasteiger partial charge is 0.454 e. The third-order valence-electron chi connectivity index (χ3n) is 4.55. The fraction of sp³-hybridized carbons (Fsp3) is 0.412. The molecule has 1 amide bonds. The maximum Gasteiger partial charge on any atom is 0.244 e. The highest BCUT2D eigenvalue weighted by Gasteiger charge is 2.31. The Labute approximate surface area is 140 Å². The molecular formula is C17H20N4O3. The van der Waals surface area contributed by atoms with E-state index >= 15 is 0 Å². The Balaban J connectivity index is 1.60. The lowest BCUT2D eigenvalue weighted by molar-refractivity contribution is -0.137. The molecule has 1 aromatic heterocycles. The monoisotopic (exact) mass is 328 g/mol. The van der Waals surface area contributed by atoms with Crippen LogP contribution in [0.5, 0.6) is 11.5 Å². The number of imidazole rings is 1. The second kappa shape index (κ2) is 5.83. The number of nitrogens with one attached hydrogen (secondary N) is 1. The third-order valence-corrected chi connectivity index (χ3v) is 4.55. The number of likely N-dealkylation sites (N-methyl/N-ethyl adjacent to an activating group) is 1. The van der Waals surface area contributed by atoms with Gasteiger partial charge in [0.2, 0.25) is 12.7 Å². The molecule has 0 fully saturated rings. The highest BCUT2D eigenvalue weighted by Crippen LogP contribution is 2.35. The van der Waals surface area contributed by atoms with Crippen molar-refractivity contribution in [2.45, 2.75) is 19.0 Å². The number of rotatable bonds is 3. The molecule has 0 spiro atoms. The molecule has 0 unspecified atom stereocenters. The minimum Gasteiger partial charge on any atom is -0.454 e.